The van der Waals surface area contributed by atoms with Crippen molar-refractivity contribution in [1.82, 2.24) is 4.90 Å². The van der Waals surface area contributed by atoms with Gasteiger partial charge in [0.25, 0.3) is 5.91 Å². The molecule has 0 radical (unpaired) electrons. The fourth-order valence-electron chi connectivity index (χ4n) is 3.32. The molecule has 0 spiro atoms. The maximum atomic E-state index is 12.9. The quantitative estimate of drug-likeness (QED) is 0.906. The van der Waals surface area contributed by atoms with Crippen LogP contribution in [0.25, 0.3) is 0 Å². The van der Waals surface area contributed by atoms with E-state index in [2.05, 4.69) is 0 Å². The van der Waals surface area contributed by atoms with E-state index in [1.807, 2.05) is 0 Å². The van der Waals surface area contributed by atoms with Crippen LogP contribution < -0.4 is 14.2 Å². The first-order valence-electron chi connectivity index (χ1n) is 8.04. The standard InChI is InChI=1S/C17H21NO6/c1-10-12(17(20)21)4-3-5-18(10)16(19)11-8-13(22-2)15-14(9-11)23-6-7-24-15/h8-10,12H,3-7H2,1-2H3,(H,20,21)/t10-,12-/m0/s1. The molecule has 1 aromatic carbocycles. The van der Waals surface area contributed by atoms with E-state index in [4.69, 9.17) is 14.2 Å². The Hall–Kier alpha value is -2.44. The fraction of sp³-hybridized carbons (Fsp3) is 0.529. The maximum Gasteiger partial charge on any atom is 0.308 e. The zero-order valence-corrected chi connectivity index (χ0v) is 13.8. The van der Waals surface area contributed by atoms with Gasteiger partial charge in [-0.25, -0.2) is 0 Å². The molecule has 2 heterocycles. The first kappa shape index (κ1) is 16.4. The average molecular weight is 335 g/mol. The molecule has 1 N–H and O–H groups in total. The maximum absolute atomic E-state index is 12.9. The van der Waals surface area contributed by atoms with Crippen molar-refractivity contribution in [3.05, 3.63) is 17.7 Å². The monoisotopic (exact) mass is 335 g/mol. The Morgan fingerprint density at radius 2 is 2.04 bits per heavy atom. The number of amides is 1. The average Bonchev–Trinajstić information content (AvgIpc) is 2.60. The van der Waals surface area contributed by atoms with Gasteiger partial charge in [0.1, 0.15) is 13.2 Å². The Morgan fingerprint density at radius 3 is 2.75 bits per heavy atom. The molecule has 130 valence electrons. The molecule has 1 aromatic rings. The van der Waals surface area contributed by atoms with Crippen LogP contribution in [-0.2, 0) is 4.79 Å². The molecular formula is C17H21NO6. The van der Waals surface area contributed by atoms with Crippen LogP contribution in [0.5, 0.6) is 17.2 Å². The lowest BCUT2D eigenvalue weighted by Crippen LogP contribution is -2.49. The molecule has 1 amide bonds. The van der Waals surface area contributed by atoms with E-state index >= 15 is 0 Å². The minimum Gasteiger partial charge on any atom is -0.493 e. The molecule has 2 atom stereocenters. The van der Waals surface area contributed by atoms with Crippen molar-refractivity contribution in [3.63, 3.8) is 0 Å². The molecule has 1 saturated heterocycles. The van der Waals surface area contributed by atoms with Crippen molar-refractivity contribution in [1.29, 1.82) is 0 Å². The molecule has 2 aliphatic heterocycles. The number of fused-ring (bicyclic) bond motifs is 1. The number of ether oxygens (including phenoxy) is 3. The summed E-state index contributed by atoms with van der Waals surface area (Å²) in [4.78, 5) is 25.9. The van der Waals surface area contributed by atoms with Gasteiger partial charge >= 0.3 is 5.97 Å². The van der Waals surface area contributed by atoms with Crippen LogP contribution in [0.4, 0.5) is 0 Å². The molecule has 7 nitrogen and oxygen atoms in total. The van der Waals surface area contributed by atoms with Crippen LogP contribution in [-0.4, -0.2) is 54.8 Å². The van der Waals surface area contributed by atoms with Gasteiger partial charge in [0.05, 0.1) is 13.0 Å². The first-order chi connectivity index (χ1) is 11.5. The molecule has 1 fully saturated rings. The van der Waals surface area contributed by atoms with Crippen LogP contribution in [0.2, 0.25) is 0 Å². The minimum atomic E-state index is -0.861. The zero-order chi connectivity index (χ0) is 17.3. The number of carboxylic acid groups (broad SMARTS) is 1. The third kappa shape index (κ3) is 2.86. The Morgan fingerprint density at radius 1 is 1.29 bits per heavy atom. The van der Waals surface area contributed by atoms with E-state index in [1.54, 1.807) is 24.0 Å². The van der Waals surface area contributed by atoms with Crippen molar-refractivity contribution >= 4 is 11.9 Å². The van der Waals surface area contributed by atoms with Gasteiger partial charge < -0.3 is 24.2 Å². The van der Waals surface area contributed by atoms with Crippen LogP contribution in [0.1, 0.15) is 30.1 Å². The second-order valence-corrected chi connectivity index (χ2v) is 6.03. The Balaban J connectivity index is 1.90. The van der Waals surface area contributed by atoms with E-state index in [9.17, 15) is 14.7 Å². The Kier molecular flexibility index (Phi) is 4.51. The number of rotatable bonds is 3. The topological polar surface area (TPSA) is 85.3 Å². The predicted molar refractivity (Wildman–Crippen MR) is 84.8 cm³/mol. The Bertz CT molecular complexity index is 641. The van der Waals surface area contributed by atoms with Crippen molar-refractivity contribution in [2.75, 3.05) is 26.9 Å². The smallest absolute Gasteiger partial charge is 0.308 e. The van der Waals surface area contributed by atoms with Crippen molar-refractivity contribution in [2.24, 2.45) is 5.92 Å². The number of benzene rings is 1. The molecule has 0 aromatic heterocycles. The van der Waals surface area contributed by atoms with Gasteiger partial charge in [-0.05, 0) is 31.9 Å². The summed E-state index contributed by atoms with van der Waals surface area (Å²) in [5.41, 5.74) is 0.411. The first-order valence-corrected chi connectivity index (χ1v) is 8.04. The third-order valence-corrected chi connectivity index (χ3v) is 4.64. The summed E-state index contributed by atoms with van der Waals surface area (Å²) < 4.78 is 16.4. The summed E-state index contributed by atoms with van der Waals surface area (Å²) >= 11 is 0. The number of carbonyl (C=O) groups is 2. The van der Waals surface area contributed by atoms with Crippen molar-refractivity contribution in [2.45, 2.75) is 25.8 Å². The van der Waals surface area contributed by atoms with Crippen LogP contribution in [0, 0.1) is 5.92 Å². The van der Waals surface area contributed by atoms with Gasteiger partial charge in [-0.15, -0.1) is 0 Å². The van der Waals surface area contributed by atoms with E-state index in [0.717, 1.165) is 0 Å². The highest BCUT2D eigenvalue weighted by Gasteiger charge is 2.36. The van der Waals surface area contributed by atoms with Crippen LogP contribution in [0.3, 0.4) is 0 Å². The lowest BCUT2D eigenvalue weighted by Gasteiger charge is -2.37. The molecule has 0 saturated carbocycles. The number of carboxylic acids is 1. The highest BCUT2D eigenvalue weighted by atomic mass is 16.6. The molecule has 7 heteroatoms. The molecule has 2 aliphatic rings. The zero-order valence-electron chi connectivity index (χ0n) is 13.8. The third-order valence-electron chi connectivity index (χ3n) is 4.64. The second-order valence-electron chi connectivity index (χ2n) is 6.03. The predicted octanol–water partition coefficient (Wildman–Crippen LogP) is 1.79. The van der Waals surface area contributed by atoms with Crippen LogP contribution in [0.15, 0.2) is 12.1 Å². The van der Waals surface area contributed by atoms with E-state index in [1.165, 1.54) is 7.11 Å². The van der Waals surface area contributed by atoms with E-state index < -0.39 is 11.9 Å². The lowest BCUT2D eigenvalue weighted by molar-refractivity contribution is -0.144. The molecule has 3 rings (SSSR count). The molecular weight excluding hydrogens is 314 g/mol. The van der Waals surface area contributed by atoms with Gasteiger partial charge in [0.15, 0.2) is 11.5 Å². The Labute approximate surface area is 140 Å². The van der Waals surface area contributed by atoms with E-state index in [0.29, 0.717) is 55.4 Å². The summed E-state index contributed by atoms with van der Waals surface area (Å²) in [6.07, 6.45) is 1.26. The number of methoxy groups -OCH3 is 1. The van der Waals surface area contributed by atoms with Gasteiger partial charge in [0.2, 0.25) is 5.75 Å². The lowest BCUT2D eigenvalue weighted by atomic mass is 9.90. The fourth-order valence-corrected chi connectivity index (χ4v) is 3.32. The molecule has 24 heavy (non-hydrogen) atoms. The van der Waals surface area contributed by atoms with Gasteiger partial charge in [0, 0.05) is 18.2 Å². The number of nitrogens with zero attached hydrogens (tertiary/aromatic N) is 1. The minimum absolute atomic E-state index is 0.219. The summed E-state index contributed by atoms with van der Waals surface area (Å²) in [6, 6.07) is 2.89. The number of hydrogen-bond donors (Lipinski definition) is 1. The number of likely N-dealkylation sites (tertiary alicyclic amines) is 1. The SMILES string of the molecule is COc1cc(C(=O)N2CCC[C@H](C(=O)O)[C@@H]2C)cc2c1OCCO2. The highest BCUT2D eigenvalue weighted by molar-refractivity contribution is 5.96. The van der Waals surface area contributed by atoms with E-state index in [-0.39, 0.29) is 11.9 Å². The summed E-state index contributed by atoms with van der Waals surface area (Å²) in [7, 11) is 1.51. The summed E-state index contributed by atoms with van der Waals surface area (Å²) in [6.45, 7) is 3.17. The summed E-state index contributed by atoms with van der Waals surface area (Å²) in [5.74, 6) is -0.209. The van der Waals surface area contributed by atoms with Gasteiger partial charge in [-0.2, -0.15) is 0 Å². The van der Waals surface area contributed by atoms with Crippen LogP contribution >= 0.6 is 0 Å². The molecule has 0 aliphatic carbocycles. The normalized spacial score (nSPS) is 22.8. The van der Waals surface area contributed by atoms with Crippen molar-refractivity contribution < 1.29 is 28.9 Å². The second kappa shape index (κ2) is 6.59. The number of aliphatic carboxylic acids is 1. The van der Waals surface area contributed by atoms with Gasteiger partial charge in [-0.1, -0.05) is 0 Å². The highest BCUT2D eigenvalue weighted by Crippen LogP contribution is 2.41. The molecule has 0 bridgehead atoms. The number of hydrogen-bond acceptors (Lipinski definition) is 5. The number of piperidine rings is 1. The van der Waals surface area contributed by atoms with Crippen molar-refractivity contribution in [3.8, 4) is 17.2 Å². The molecule has 0 unspecified atom stereocenters. The van der Waals surface area contributed by atoms with Gasteiger partial charge in [-0.3, -0.25) is 9.59 Å². The summed E-state index contributed by atoms with van der Waals surface area (Å²) in [5, 5.41) is 9.32. The number of carbonyl (C=O) groups excluding carboxylic acids is 1. The largest absolute Gasteiger partial charge is 0.493 e.